The van der Waals surface area contributed by atoms with Gasteiger partial charge >= 0.3 is 0 Å². The molecule has 0 bridgehead atoms. The molecule has 3 rings (SSSR count). The average molecular weight is 309 g/mol. The van der Waals surface area contributed by atoms with E-state index in [1.165, 1.54) is 6.26 Å². The van der Waals surface area contributed by atoms with Gasteiger partial charge in [-0.1, -0.05) is 6.07 Å². The highest BCUT2D eigenvalue weighted by Crippen LogP contribution is 2.21. The zero-order valence-electron chi connectivity index (χ0n) is 11.9. The largest absolute Gasteiger partial charge is 0.370 e. The van der Waals surface area contributed by atoms with Crippen molar-refractivity contribution in [2.45, 2.75) is 30.4 Å². The summed E-state index contributed by atoms with van der Waals surface area (Å²) in [4.78, 5) is 7.77. The van der Waals surface area contributed by atoms with Crippen molar-refractivity contribution in [3.8, 4) is 0 Å². The topological polar surface area (TPSA) is 84.1 Å². The number of fused-ring (bicyclic) bond motifs is 1. The number of rotatable bonds is 4. The van der Waals surface area contributed by atoms with Crippen LogP contribution in [0.3, 0.4) is 0 Å². The number of piperidine rings is 1. The third kappa shape index (κ3) is 3.25. The van der Waals surface area contributed by atoms with E-state index >= 15 is 0 Å². The van der Waals surface area contributed by atoms with Gasteiger partial charge in [0.2, 0.25) is 0 Å². The normalized spacial score (nSPS) is 17.4. The fraction of sp³-hybridized carbons (Fsp3) is 0.500. The van der Waals surface area contributed by atoms with E-state index in [9.17, 15) is 8.42 Å². The molecule has 114 valence electrons. The Morgan fingerprint density at radius 2 is 2.10 bits per heavy atom. The number of hydrogen-bond acceptors (Lipinski definition) is 5. The van der Waals surface area contributed by atoms with Crippen LogP contribution in [0.1, 0.15) is 18.7 Å². The van der Waals surface area contributed by atoms with Crippen LogP contribution in [-0.2, 0) is 21.2 Å². The lowest BCUT2D eigenvalue weighted by Gasteiger charge is -2.22. The van der Waals surface area contributed by atoms with Crippen molar-refractivity contribution in [1.82, 2.24) is 15.3 Å². The smallest absolute Gasteiger partial charge is 0.177 e. The molecule has 2 aromatic rings. The van der Waals surface area contributed by atoms with E-state index in [-0.39, 0.29) is 11.0 Å². The number of aromatic amines is 1. The fourth-order valence-corrected chi connectivity index (χ4v) is 3.42. The van der Waals surface area contributed by atoms with Gasteiger partial charge in [0.1, 0.15) is 17.9 Å². The first-order valence-electron chi connectivity index (χ1n) is 7.04. The second-order valence-electron chi connectivity index (χ2n) is 5.37. The molecular formula is C14H19N3O3S. The minimum Gasteiger partial charge on any atom is -0.370 e. The number of aromatic nitrogens is 2. The first-order chi connectivity index (χ1) is 10.0. The Balaban J connectivity index is 1.81. The summed E-state index contributed by atoms with van der Waals surface area (Å²) in [5.74, 6) is 0.666. The predicted molar refractivity (Wildman–Crippen MR) is 79.9 cm³/mol. The maximum atomic E-state index is 11.8. The number of ether oxygens (including phenoxy) is 1. The summed E-state index contributed by atoms with van der Waals surface area (Å²) in [7, 11) is -3.28. The van der Waals surface area contributed by atoms with Gasteiger partial charge in [-0.2, -0.15) is 0 Å². The number of para-hydroxylation sites is 1. The molecule has 0 unspecified atom stereocenters. The van der Waals surface area contributed by atoms with Crippen molar-refractivity contribution in [3.05, 3.63) is 24.0 Å². The molecule has 0 atom stereocenters. The van der Waals surface area contributed by atoms with E-state index in [2.05, 4.69) is 15.3 Å². The SMILES string of the molecule is CS(=O)(=O)c1cccc2[nH]c(COC3CCNCC3)nc12. The first-order valence-corrected chi connectivity index (χ1v) is 8.93. The van der Waals surface area contributed by atoms with Gasteiger partial charge in [-0.25, -0.2) is 13.4 Å². The third-order valence-corrected chi connectivity index (χ3v) is 4.79. The second-order valence-corrected chi connectivity index (χ2v) is 7.35. The van der Waals surface area contributed by atoms with E-state index in [1.54, 1.807) is 12.1 Å². The number of nitrogens with one attached hydrogen (secondary N) is 2. The maximum Gasteiger partial charge on any atom is 0.177 e. The minimum atomic E-state index is -3.28. The Kier molecular flexibility index (Phi) is 3.97. The Labute approximate surface area is 123 Å². The van der Waals surface area contributed by atoms with Crippen molar-refractivity contribution in [2.75, 3.05) is 19.3 Å². The van der Waals surface area contributed by atoms with E-state index in [0.29, 0.717) is 17.9 Å². The van der Waals surface area contributed by atoms with Crippen LogP contribution in [0.5, 0.6) is 0 Å². The zero-order chi connectivity index (χ0) is 14.9. The van der Waals surface area contributed by atoms with Gasteiger partial charge in [-0.15, -0.1) is 0 Å². The Hall–Kier alpha value is -1.44. The second kappa shape index (κ2) is 5.75. The van der Waals surface area contributed by atoms with Crippen LogP contribution in [0.2, 0.25) is 0 Å². The summed E-state index contributed by atoms with van der Waals surface area (Å²) in [6.07, 6.45) is 3.43. The molecule has 1 fully saturated rings. The van der Waals surface area contributed by atoms with Gasteiger partial charge in [0, 0.05) is 6.26 Å². The molecule has 1 aromatic heterocycles. The van der Waals surface area contributed by atoms with Gasteiger partial charge < -0.3 is 15.0 Å². The van der Waals surface area contributed by atoms with Crippen LogP contribution >= 0.6 is 0 Å². The predicted octanol–water partition coefficient (Wildman–Crippen LogP) is 1.24. The van der Waals surface area contributed by atoms with Gasteiger partial charge in [0.25, 0.3) is 0 Å². The average Bonchev–Trinajstić information content (AvgIpc) is 2.87. The summed E-state index contributed by atoms with van der Waals surface area (Å²) in [5.41, 5.74) is 1.21. The summed E-state index contributed by atoms with van der Waals surface area (Å²) in [6, 6.07) is 5.12. The van der Waals surface area contributed by atoms with Crippen LogP contribution in [0.25, 0.3) is 11.0 Å². The van der Waals surface area contributed by atoms with Gasteiger partial charge in [0.15, 0.2) is 9.84 Å². The Bertz CT molecular complexity index is 733. The quantitative estimate of drug-likeness (QED) is 0.887. The number of benzene rings is 1. The summed E-state index contributed by atoms with van der Waals surface area (Å²) in [5, 5.41) is 3.29. The van der Waals surface area contributed by atoms with E-state index in [0.717, 1.165) is 31.4 Å². The van der Waals surface area contributed by atoms with E-state index in [4.69, 9.17) is 4.74 Å². The van der Waals surface area contributed by atoms with Gasteiger partial charge in [-0.3, -0.25) is 0 Å². The van der Waals surface area contributed by atoms with Gasteiger partial charge in [0.05, 0.1) is 16.5 Å². The van der Waals surface area contributed by atoms with Crippen molar-refractivity contribution >= 4 is 20.9 Å². The van der Waals surface area contributed by atoms with Crippen molar-refractivity contribution < 1.29 is 13.2 Å². The van der Waals surface area contributed by atoms with Crippen LogP contribution in [0.15, 0.2) is 23.1 Å². The van der Waals surface area contributed by atoms with Crippen molar-refractivity contribution in [3.63, 3.8) is 0 Å². The highest BCUT2D eigenvalue weighted by atomic mass is 32.2. The molecule has 2 heterocycles. The molecule has 0 radical (unpaired) electrons. The van der Waals surface area contributed by atoms with Crippen LogP contribution < -0.4 is 5.32 Å². The van der Waals surface area contributed by atoms with Crippen molar-refractivity contribution in [1.29, 1.82) is 0 Å². The highest BCUT2D eigenvalue weighted by molar-refractivity contribution is 7.91. The molecule has 7 heteroatoms. The summed E-state index contributed by atoms with van der Waals surface area (Å²) in [6.45, 7) is 2.33. The molecule has 21 heavy (non-hydrogen) atoms. The van der Waals surface area contributed by atoms with Crippen LogP contribution in [0, 0.1) is 0 Å². The molecule has 1 aromatic carbocycles. The molecule has 2 N–H and O–H groups in total. The van der Waals surface area contributed by atoms with Crippen molar-refractivity contribution in [2.24, 2.45) is 0 Å². The molecule has 0 saturated carbocycles. The Morgan fingerprint density at radius 3 is 2.81 bits per heavy atom. The van der Waals surface area contributed by atoms with E-state index in [1.807, 2.05) is 6.07 Å². The molecule has 6 nitrogen and oxygen atoms in total. The molecular weight excluding hydrogens is 290 g/mol. The Morgan fingerprint density at radius 1 is 1.33 bits per heavy atom. The molecule has 0 spiro atoms. The zero-order valence-corrected chi connectivity index (χ0v) is 12.7. The van der Waals surface area contributed by atoms with Gasteiger partial charge in [-0.05, 0) is 38.1 Å². The number of hydrogen-bond donors (Lipinski definition) is 2. The number of sulfone groups is 1. The maximum absolute atomic E-state index is 11.8. The summed E-state index contributed by atoms with van der Waals surface area (Å²) < 4.78 is 29.4. The number of nitrogens with zero attached hydrogens (tertiary/aromatic N) is 1. The van der Waals surface area contributed by atoms with Crippen LogP contribution in [-0.4, -0.2) is 43.8 Å². The monoisotopic (exact) mass is 309 g/mol. The van der Waals surface area contributed by atoms with Crippen LogP contribution in [0.4, 0.5) is 0 Å². The first kappa shape index (κ1) is 14.5. The third-order valence-electron chi connectivity index (χ3n) is 3.67. The summed E-state index contributed by atoms with van der Waals surface area (Å²) >= 11 is 0. The number of imidazole rings is 1. The minimum absolute atomic E-state index is 0.244. The highest BCUT2D eigenvalue weighted by Gasteiger charge is 2.17. The number of H-pyrrole nitrogens is 1. The van der Waals surface area contributed by atoms with E-state index < -0.39 is 9.84 Å². The molecule has 1 aliphatic heterocycles. The lowest BCUT2D eigenvalue weighted by molar-refractivity contribution is 0.0182. The molecule has 1 saturated heterocycles. The lowest BCUT2D eigenvalue weighted by atomic mass is 10.1. The molecule has 0 aliphatic carbocycles. The standard InChI is InChI=1S/C14H19N3O3S/c1-21(18,19)12-4-2-3-11-14(12)17-13(16-11)9-20-10-5-7-15-8-6-10/h2-4,10,15H,5-9H2,1H3,(H,16,17). The molecule has 0 amide bonds. The fourth-order valence-electron chi connectivity index (χ4n) is 2.58. The lowest BCUT2D eigenvalue weighted by Crippen LogP contribution is -2.32. The molecule has 1 aliphatic rings.